The number of nitrogens with one attached hydrogen (secondary N) is 2. The smallest absolute Gasteiger partial charge is 0.420 e. The van der Waals surface area contributed by atoms with E-state index >= 15 is 0 Å². The van der Waals surface area contributed by atoms with Crippen molar-refractivity contribution in [3.8, 4) is 5.75 Å². The predicted molar refractivity (Wildman–Crippen MR) is 73.5 cm³/mol. The van der Waals surface area contributed by atoms with Crippen molar-refractivity contribution in [1.29, 1.82) is 0 Å². The minimum absolute atomic E-state index is 0.0636. The minimum Gasteiger partial charge on any atom is -0.505 e. The first kappa shape index (κ1) is 17.7. The highest BCUT2D eigenvalue weighted by molar-refractivity contribution is 5.61. The number of hydrogen-bond acceptors (Lipinski definition) is 4. The molecule has 0 heterocycles. The second-order valence-electron chi connectivity index (χ2n) is 5.82. The average Bonchev–Trinajstić information content (AvgIpc) is 2.36. The molecule has 0 atom stereocenters. The fourth-order valence-electron chi connectivity index (χ4n) is 2.68. The summed E-state index contributed by atoms with van der Waals surface area (Å²) < 4.78 is 64.1. The number of hydrogen-bond donors (Lipinski definition) is 4. The summed E-state index contributed by atoms with van der Waals surface area (Å²) in [5.74, 6) is -3.79. The van der Waals surface area contributed by atoms with Crippen LogP contribution in [0.2, 0.25) is 0 Å². The van der Waals surface area contributed by atoms with Crippen molar-refractivity contribution >= 4 is 5.69 Å². The summed E-state index contributed by atoms with van der Waals surface area (Å²) >= 11 is 0. The third-order valence-corrected chi connectivity index (χ3v) is 3.70. The van der Waals surface area contributed by atoms with Gasteiger partial charge in [-0.3, -0.25) is 0 Å². The average molecular weight is 340 g/mol. The summed E-state index contributed by atoms with van der Waals surface area (Å²) in [5, 5.41) is 24.5. The first-order chi connectivity index (χ1) is 10.5. The van der Waals surface area contributed by atoms with Gasteiger partial charge in [0.25, 0.3) is 5.92 Å². The molecule has 1 aliphatic rings. The lowest BCUT2D eigenvalue weighted by molar-refractivity contribution is -0.202. The van der Waals surface area contributed by atoms with Gasteiger partial charge in [0.15, 0.2) is 5.75 Å². The van der Waals surface area contributed by atoms with Crippen molar-refractivity contribution in [2.45, 2.75) is 37.1 Å². The van der Waals surface area contributed by atoms with Crippen molar-refractivity contribution in [2.75, 3.05) is 18.9 Å². The molecule has 1 aromatic carbocycles. The number of phenols is 1. The number of alkyl halides is 5. The Balaban J connectivity index is 2.06. The van der Waals surface area contributed by atoms with E-state index in [2.05, 4.69) is 10.6 Å². The minimum atomic E-state index is -4.72. The molecule has 0 spiro atoms. The SMILES string of the molecule is CNc1cc(CNCC2(O)CC(F)(F)C2)cc(C(F)(F)F)c1O. The summed E-state index contributed by atoms with van der Waals surface area (Å²) in [4.78, 5) is 0. The molecule has 1 aliphatic carbocycles. The maximum absolute atomic E-state index is 12.9. The van der Waals surface area contributed by atoms with Crippen LogP contribution >= 0.6 is 0 Å². The van der Waals surface area contributed by atoms with E-state index in [-0.39, 0.29) is 24.3 Å². The normalized spacial score (nSPS) is 19.3. The van der Waals surface area contributed by atoms with Crippen LogP contribution in [0, 0.1) is 0 Å². The summed E-state index contributed by atoms with van der Waals surface area (Å²) in [6.07, 6.45) is -6.06. The van der Waals surface area contributed by atoms with Crippen molar-refractivity contribution in [3.63, 3.8) is 0 Å². The Morgan fingerprint density at radius 3 is 2.30 bits per heavy atom. The Bertz CT molecular complexity index is 581. The molecule has 1 saturated carbocycles. The van der Waals surface area contributed by atoms with Gasteiger partial charge in [0.05, 0.1) is 16.9 Å². The number of phenolic OH excluding ortho intramolecular Hbond substituents is 1. The van der Waals surface area contributed by atoms with Gasteiger partial charge in [-0.15, -0.1) is 0 Å². The van der Waals surface area contributed by atoms with Crippen LogP contribution in [0.4, 0.5) is 27.6 Å². The van der Waals surface area contributed by atoms with Crippen LogP contribution in [0.3, 0.4) is 0 Å². The van der Waals surface area contributed by atoms with Gasteiger partial charge < -0.3 is 20.8 Å². The van der Waals surface area contributed by atoms with E-state index in [0.29, 0.717) is 0 Å². The van der Waals surface area contributed by atoms with E-state index < -0.39 is 41.9 Å². The lowest BCUT2D eigenvalue weighted by atomic mass is 9.76. The van der Waals surface area contributed by atoms with Gasteiger partial charge in [0.2, 0.25) is 0 Å². The van der Waals surface area contributed by atoms with E-state index in [9.17, 15) is 32.2 Å². The first-order valence-corrected chi connectivity index (χ1v) is 6.88. The van der Waals surface area contributed by atoms with E-state index in [4.69, 9.17) is 0 Å². The van der Waals surface area contributed by atoms with Gasteiger partial charge in [-0.1, -0.05) is 0 Å². The van der Waals surface area contributed by atoms with Crippen molar-refractivity contribution in [2.24, 2.45) is 0 Å². The molecule has 0 aromatic heterocycles. The monoisotopic (exact) mass is 340 g/mol. The predicted octanol–water partition coefficient (Wildman–Crippen LogP) is 2.70. The summed E-state index contributed by atoms with van der Waals surface area (Å²) in [6, 6.07) is 2.10. The molecule has 4 nitrogen and oxygen atoms in total. The van der Waals surface area contributed by atoms with Crippen LogP contribution in [-0.2, 0) is 12.7 Å². The summed E-state index contributed by atoms with van der Waals surface area (Å²) in [6.45, 7) is -0.217. The van der Waals surface area contributed by atoms with E-state index in [1.54, 1.807) is 0 Å². The van der Waals surface area contributed by atoms with E-state index in [1.165, 1.54) is 13.1 Å². The molecule has 23 heavy (non-hydrogen) atoms. The number of rotatable bonds is 5. The van der Waals surface area contributed by atoms with Gasteiger partial charge in [0.1, 0.15) is 0 Å². The molecule has 0 aliphatic heterocycles. The topological polar surface area (TPSA) is 64.5 Å². The second-order valence-corrected chi connectivity index (χ2v) is 5.82. The molecule has 0 bridgehead atoms. The highest BCUT2D eigenvalue weighted by atomic mass is 19.4. The zero-order chi connectivity index (χ0) is 17.5. The molecule has 9 heteroatoms. The standard InChI is InChI=1S/C14H17F5N2O2/c1-20-10-3-8(2-9(11(10)22)14(17,18)19)4-21-7-12(23)5-13(15,16)6-12/h2-3,20-23H,4-7H2,1H3. The highest BCUT2D eigenvalue weighted by Gasteiger charge is 2.55. The van der Waals surface area contributed by atoms with Gasteiger partial charge in [-0.05, 0) is 17.7 Å². The molecule has 1 aromatic rings. The van der Waals surface area contributed by atoms with Crippen LogP contribution in [-0.4, -0.2) is 35.3 Å². The molecule has 0 unspecified atom stereocenters. The molecule has 130 valence electrons. The van der Waals surface area contributed by atoms with Crippen LogP contribution in [0.1, 0.15) is 24.0 Å². The van der Waals surface area contributed by atoms with Crippen LogP contribution in [0.5, 0.6) is 5.75 Å². The van der Waals surface area contributed by atoms with Crippen molar-refractivity contribution in [3.05, 3.63) is 23.3 Å². The lowest BCUT2D eigenvalue weighted by Crippen LogP contribution is -2.56. The molecular formula is C14H17F5N2O2. The highest BCUT2D eigenvalue weighted by Crippen LogP contribution is 2.45. The zero-order valence-corrected chi connectivity index (χ0v) is 12.3. The van der Waals surface area contributed by atoms with E-state index in [0.717, 1.165) is 6.07 Å². The quantitative estimate of drug-likeness (QED) is 0.492. The number of benzene rings is 1. The molecule has 1 fully saturated rings. The summed E-state index contributed by atoms with van der Waals surface area (Å²) in [7, 11) is 1.37. The van der Waals surface area contributed by atoms with Crippen molar-refractivity contribution < 1.29 is 32.2 Å². The van der Waals surface area contributed by atoms with Crippen LogP contribution in [0.25, 0.3) is 0 Å². The molecule has 4 N–H and O–H groups in total. The van der Waals surface area contributed by atoms with Gasteiger partial charge >= 0.3 is 6.18 Å². The molecule has 0 amide bonds. The lowest BCUT2D eigenvalue weighted by Gasteiger charge is -2.43. The summed E-state index contributed by atoms with van der Waals surface area (Å²) in [5.41, 5.74) is -2.62. The third-order valence-electron chi connectivity index (χ3n) is 3.70. The van der Waals surface area contributed by atoms with Crippen LogP contribution in [0.15, 0.2) is 12.1 Å². The maximum Gasteiger partial charge on any atom is 0.420 e. The zero-order valence-electron chi connectivity index (χ0n) is 12.3. The van der Waals surface area contributed by atoms with Gasteiger partial charge in [-0.2, -0.15) is 13.2 Å². The number of aliphatic hydroxyl groups is 1. The fraction of sp³-hybridized carbons (Fsp3) is 0.571. The third kappa shape index (κ3) is 4.03. The molecular weight excluding hydrogens is 323 g/mol. The number of halogens is 5. The largest absolute Gasteiger partial charge is 0.505 e. The Kier molecular flexibility index (Phi) is 4.46. The molecule has 0 saturated heterocycles. The van der Waals surface area contributed by atoms with E-state index in [1.807, 2.05) is 0 Å². The Labute approximate surface area is 129 Å². The molecule has 2 rings (SSSR count). The first-order valence-electron chi connectivity index (χ1n) is 6.88. The second kappa shape index (κ2) is 5.79. The van der Waals surface area contributed by atoms with Gasteiger partial charge in [-0.25, -0.2) is 8.78 Å². The van der Waals surface area contributed by atoms with Crippen LogP contribution < -0.4 is 10.6 Å². The Hall–Kier alpha value is -1.61. The van der Waals surface area contributed by atoms with Crippen molar-refractivity contribution in [1.82, 2.24) is 5.32 Å². The Morgan fingerprint density at radius 2 is 1.83 bits per heavy atom. The van der Waals surface area contributed by atoms with Gasteiger partial charge in [0, 0.05) is 33.0 Å². The molecule has 0 radical (unpaired) electrons. The number of aromatic hydroxyl groups is 1. The Morgan fingerprint density at radius 1 is 1.22 bits per heavy atom. The maximum atomic E-state index is 12.9. The fourth-order valence-corrected chi connectivity index (χ4v) is 2.68. The number of anilines is 1.